The molecule has 4 fully saturated rings. The lowest BCUT2D eigenvalue weighted by Gasteiger charge is -2.58. The molecule has 7 heteroatoms. The number of oxime groups is 1. The first-order valence-electron chi connectivity index (χ1n) is 12.9. The first kappa shape index (κ1) is 23.4. The van der Waals surface area contributed by atoms with Crippen LogP contribution in [-0.4, -0.2) is 40.7 Å². The number of hydrogen-bond donors (Lipinski definition) is 0. The van der Waals surface area contributed by atoms with Crippen LogP contribution in [0.1, 0.15) is 85.0 Å². The van der Waals surface area contributed by atoms with Crippen LogP contribution in [0.5, 0.6) is 0 Å². The van der Waals surface area contributed by atoms with Crippen LogP contribution in [0.3, 0.4) is 0 Å². The smallest absolute Gasteiger partial charge is 0.276 e. The van der Waals surface area contributed by atoms with Crippen LogP contribution in [0.25, 0.3) is 0 Å². The number of rotatable bonds is 4. The molecule has 5 rings (SSSR count). The standard InChI is InChI=1S/C27H36N2O5/c1-16(30)20-6-7-21-19-5-4-17-14-18(10-12-26(17,2)22(19)11-13-27(20,21)3)28-34-15-25(33)29-23(31)8-9-24(29)32/h14,19-22H,4-13,15H2,1-3H3. The molecule has 0 aromatic carbocycles. The third kappa shape index (κ3) is 3.57. The number of imide groups is 3. The molecule has 1 saturated heterocycles. The number of hydrogen-bond acceptors (Lipinski definition) is 6. The minimum Gasteiger partial charge on any atom is -0.385 e. The molecule has 3 amide bonds. The maximum absolute atomic E-state index is 12.3. The summed E-state index contributed by atoms with van der Waals surface area (Å²) < 4.78 is 0. The van der Waals surface area contributed by atoms with Gasteiger partial charge in [0.15, 0.2) is 6.61 Å². The van der Waals surface area contributed by atoms with Gasteiger partial charge in [-0.05, 0) is 93.0 Å². The molecule has 5 aliphatic rings. The predicted octanol–water partition coefficient (Wildman–Crippen LogP) is 4.20. The summed E-state index contributed by atoms with van der Waals surface area (Å²) in [5.74, 6) is 1.04. The molecular weight excluding hydrogens is 432 g/mol. The van der Waals surface area contributed by atoms with Crippen LogP contribution in [0, 0.1) is 34.5 Å². The van der Waals surface area contributed by atoms with E-state index < -0.39 is 24.3 Å². The Kier molecular flexibility index (Phi) is 5.80. The molecule has 0 N–H and O–H groups in total. The highest BCUT2D eigenvalue weighted by Crippen LogP contribution is 2.66. The lowest BCUT2D eigenvalue weighted by Crippen LogP contribution is -2.51. The molecule has 6 unspecified atom stereocenters. The van der Waals surface area contributed by atoms with Gasteiger partial charge in [-0.2, -0.15) is 0 Å². The zero-order valence-corrected chi connectivity index (χ0v) is 20.6. The molecule has 184 valence electrons. The van der Waals surface area contributed by atoms with Crippen LogP contribution in [-0.2, 0) is 24.0 Å². The highest BCUT2D eigenvalue weighted by atomic mass is 16.6. The Bertz CT molecular complexity index is 983. The SMILES string of the molecule is CC(=O)C1CCC2C3CCC4=CC(=NOCC(=O)N5C(=O)CCC5=O)CCC4(C)C3CCC12C. The van der Waals surface area contributed by atoms with E-state index in [1.807, 2.05) is 0 Å². The fourth-order valence-corrected chi connectivity index (χ4v) is 8.40. The summed E-state index contributed by atoms with van der Waals surface area (Å²) in [6.45, 7) is 6.19. The fraction of sp³-hybridized carbons (Fsp3) is 0.741. The zero-order chi connectivity index (χ0) is 24.3. The molecule has 1 heterocycles. The van der Waals surface area contributed by atoms with Crippen LogP contribution < -0.4 is 0 Å². The van der Waals surface area contributed by atoms with Gasteiger partial charge in [0, 0.05) is 18.8 Å². The van der Waals surface area contributed by atoms with Gasteiger partial charge in [-0.15, -0.1) is 0 Å². The van der Waals surface area contributed by atoms with Crippen LogP contribution in [0.4, 0.5) is 0 Å². The van der Waals surface area contributed by atoms with Crippen molar-refractivity contribution in [3.63, 3.8) is 0 Å². The molecule has 0 bridgehead atoms. The quantitative estimate of drug-likeness (QED) is 0.455. The van der Waals surface area contributed by atoms with Crippen molar-refractivity contribution in [2.24, 2.45) is 39.7 Å². The number of likely N-dealkylation sites (tertiary alicyclic amines) is 1. The monoisotopic (exact) mass is 468 g/mol. The largest absolute Gasteiger partial charge is 0.385 e. The second kappa shape index (κ2) is 8.42. The van der Waals surface area contributed by atoms with Crippen molar-refractivity contribution < 1.29 is 24.0 Å². The Labute approximate surface area is 201 Å². The summed E-state index contributed by atoms with van der Waals surface area (Å²) in [5.41, 5.74) is 2.59. The first-order valence-corrected chi connectivity index (χ1v) is 12.9. The molecule has 0 radical (unpaired) electrons. The summed E-state index contributed by atoms with van der Waals surface area (Å²) in [5, 5.41) is 4.20. The second-order valence-corrected chi connectivity index (χ2v) is 11.7. The number of carbonyl (C=O) groups excluding carboxylic acids is 4. The van der Waals surface area contributed by atoms with E-state index in [4.69, 9.17) is 4.84 Å². The number of fused-ring (bicyclic) bond motifs is 5. The summed E-state index contributed by atoms with van der Waals surface area (Å²) >= 11 is 0. The van der Waals surface area contributed by atoms with E-state index in [-0.39, 0.29) is 29.6 Å². The highest BCUT2D eigenvalue weighted by molar-refractivity contribution is 6.15. The Morgan fingerprint density at radius 1 is 1.00 bits per heavy atom. The van der Waals surface area contributed by atoms with E-state index in [2.05, 4.69) is 25.1 Å². The van der Waals surface area contributed by atoms with Crippen molar-refractivity contribution in [1.82, 2.24) is 4.90 Å². The van der Waals surface area contributed by atoms with Gasteiger partial charge in [-0.25, -0.2) is 4.90 Å². The third-order valence-corrected chi connectivity index (χ3v) is 10.1. The molecule has 0 aromatic heterocycles. The number of nitrogens with zero attached hydrogens (tertiary/aromatic N) is 2. The van der Waals surface area contributed by atoms with E-state index in [1.54, 1.807) is 6.92 Å². The first-order chi connectivity index (χ1) is 16.1. The van der Waals surface area contributed by atoms with Crippen molar-refractivity contribution in [2.75, 3.05) is 6.61 Å². The molecule has 34 heavy (non-hydrogen) atoms. The summed E-state index contributed by atoms with van der Waals surface area (Å²) in [7, 11) is 0. The molecule has 3 saturated carbocycles. The summed E-state index contributed by atoms with van der Waals surface area (Å²) in [6.07, 6.45) is 10.9. The Hall–Kier alpha value is -2.31. The van der Waals surface area contributed by atoms with Crippen LogP contribution in [0.15, 0.2) is 16.8 Å². The van der Waals surface area contributed by atoms with Gasteiger partial charge >= 0.3 is 0 Å². The lowest BCUT2D eigenvalue weighted by atomic mass is 9.46. The van der Waals surface area contributed by atoms with Crippen molar-refractivity contribution in [3.05, 3.63) is 11.6 Å². The molecule has 6 atom stereocenters. The van der Waals surface area contributed by atoms with Crippen molar-refractivity contribution in [3.8, 4) is 0 Å². The average Bonchev–Trinajstić information content (AvgIpc) is 3.32. The van der Waals surface area contributed by atoms with Gasteiger partial charge in [0.1, 0.15) is 5.78 Å². The van der Waals surface area contributed by atoms with Crippen LogP contribution in [0.2, 0.25) is 0 Å². The summed E-state index contributed by atoms with van der Waals surface area (Å²) in [6, 6.07) is 0. The molecule has 1 aliphatic heterocycles. The topological polar surface area (TPSA) is 93.1 Å². The van der Waals surface area contributed by atoms with Gasteiger partial charge in [0.25, 0.3) is 5.91 Å². The van der Waals surface area contributed by atoms with Gasteiger partial charge in [-0.3, -0.25) is 19.2 Å². The van der Waals surface area contributed by atoms with Gasteiger partial charge in [0.2, 0.25) is 11.8 Å². The van der Waals surface area contributed by atoms with E-state index in [0.29, 0.717) is 28.4 Å². The molecule has 7 nitrogen and oxygen atoms in total. The number of ketones is 1. The Balaban J connectivity index is 1.27. The fourth-order valence-electron chi connectivity index (χ4n) is 8.40. The lowest BCUT2D eigenvalue weighted by molar-refractivity contribution is -0.151. The predicted molar refractivity (Wildman–Crippen MR) is 125 cm³/mol. The van der Waals surface area contributed by atoms with E-state index in [0.717, 1.165) is 37.8 Å². The highest BCUT2D eigenvalue weighted by Gasteiger charge is 2.59. The molecular formula is C27H36N2O5. The van der Waals surface area contributed by atoms with Crippen molar-refractivity contribution >= 4 is 29.2 Å². The normalized spacial score (nSPS) is 40.5. The minimum absolute atomic E-state index is 0.0847. The number of allylic oxidation sites excluding steroid dienone is 2. The van der Waals surface area contributed by atoms with Gasteiger partial charge < -0.3 is 4.84 Å². The number of carbonyl (C=O) groups is 4. The van der Waals surface area contributed by atoms with Crippen LogP contribution >= 0.6 is 0 Å². The van der Waals surface area contributed by atoms with E-state index in [1.165, 1.54) is 24.8 Å². The van der Waals surface area contributed by atoms with E-state index >= 15 is 0 Å². The maximum Gasteiger partial charge on any atom is 0.276 e. The van der Waals surface area contributed by atoms with E-state index in [9.17, 15) is 19.2 Å². The summed E-state index contributed by atoms with van der Waals surface area (Å²) in [4.78, 5) is 53.9. The second-order valence-electron chi connectivity index (χ2n) is 11.7. The third-order valence-electron chi connectivity index (χ3n) is 10.1. The van der Waals surface area contributed by atoms with Gasteiger partial charge in [-0.1, -0.05) is 24.6 Å². The molecule has 0 spiro atoms. The van der Waals surface area contributed by atoms with Crippen molar-refractivity contribution in [2.45, 2.75) is 85.0 Å². The minimum atomic E-state index is -0.642. The maximum atomic E-state index is 12.3. The Morgan fingerprint density at radius 3 is 2.44 bits per heavy atom. The van der Waals surface area contributed by atoms with Crippen molar-refractivity contribution in [1.29, 1.82) is 0 Å². The number of amides is 3. The zero-order valence-electron chi connectivity index (χ0n) is 20.6. The van der Waals surface area contributed by atoms with Gasteiger partial charge in [0.05, 0.1) is 5.71 Å². The number of Topliss-reactive ketones (excluding diaryl/α,β-unsaturated/α-hetero) is 1. The average molecular weight is 469 g/mol. The Morgan fingerprint density at radius 2 is 1.74 bits per heavy atom. The molecule has 0 aromatic rings. The molecule has 4 aliphatic carbocycles.